The van der Waals surface area contributed by atoms with Crippen molar-refractivity contribution in [1.29, 1.82) is 0 Å². The van der Waals surface area contributed by atoms with Gasteiger partial charge in [0.2, 0.25) is 0 Å². The molecule has 0 saturated heterocycles. The summed E-state index contributed by atoms with van der Waals surface area (Å²) in [4.78, 5) is 15.1. The normalized spacial score (nSPS) is 29.5. The van der Waals surface area contributed by atoms with E-state index in [0.29, 0.717) is 12.0 Å². The van der Waals surface area contributed by atoms with E-state index in [-0.39, 0.29) is 11.9 Å². The van der Waals surface area contributed by atoms with Gasteiger partial charge in [-0.2, -0.15) is 5.10 Å². The molecule has 4 bridgehead atoms. The van der Waals surface area contributed by atoms with Gasteiger partial charge >= 0.3 is 0 Å². The Morgan fingerprint density at radius 1 is 1.22 bits per heavy atom. The lowest BCUT2D eigenvalue weighted by Gasteiger charge is -2.59. The lowest BCUT2D eigenvalue weighted by atomic mass is 9.48. The van der Waals surface area contributed by atoms with Crippen molar-refractivity contribution in [3.63, 3.8) is 0 Å². The minimum Gasteiger partial charge on any atom is -0.348 e. The zero-order valence-corrected chi connectivity index (χ0v) is 20.3. The SMILES string of the molecule is Cc1nn(Cc2ccccc2Cl)c2sc(C(=O)NC(C)C34CC5CC(CC(C5)C3)C4)cc12. The maximum Gasteiger partial charge on any atom is 0.261 e. The predicted molar refractivity (Wildman–Crippen MR) is 130 cm³/mol. The molecule has 4 saturated carbocycles. The fourth-order valence-electron chi connectivity index (χ4n) is 7.25. The third kappa shape index (κ3) is 3.40. The second kappa shape index (κ2) is 7.59. The molecule has 32 heavy (non-hydrogen) atoms. The minimum absolute atomic E-state index is 0.0677. The maximum absolute atomic E-state index is 13.3. The molecule has 1 amide bonds. The summed E-state index contributed by atoms with van der Waals surface area (Å²) in [6, 6.07) is 10.1. The lowest BCUT2D eigenvalue weighted by molar-refractivity contribution is -0.0687. The summed E-state index contributed by atoms with van der Waals surface area (Å²) in [6.07, 6.45) is 8.20. The Labute approximate surface area is 198 Å². The highest BCUT2D eigenvalue weighted by atomic mass is 35.5. The maximum atomic E-state index is 13.3. The topological polar surface area (TPSA) is 46.9 Å². The van der Waals surface area contributed by atoms with E-state index in [2.05, 4.69) is 12.2 Å². The summed E-state index contributed by atoms with van der Waals surface area (Å²) in [5, 5.41) is 9.94. The van der Waals surface area contributed by atoms with E-state index in [9.17, 15) is 4.79 Å². The Kier molecular flexibility index (Phi) is 4.92. The van der Waals surface area contributed by atoms with Crippen molar-refractivity contribution in [3.05, 3.63) is 51.5 Å². The molecule has 2 heterocycles. The molecule has 6 heteroatoms. The molecule has 3 aromatic rings. The smallest absolute Gasteiger partial charge is 0.261 e. The first-order valence-electron chi connectivity index (χ1n) is 11.9. The number of carbonyl (C=O) groups excluding carboxylic acids is 1. The quantitative estimate of drug-likeness (QED) is 0.469. The number of fused-ring (bicyclic) bond motifs is 1. The first kappa shape index (κ1) is 20.7. The highest BCUT2D eigenvalue weighted by Gasteiger charge is 2.53. The van der Waals surface area contributed by atoms with Crippen LogP contribution < -0.4 is 5.32 Å². The Bertz CT molecular complexity index is 1160. The number of carbonyl (C=O) groups is 1. The fraction of sp³-hybridized carbons (Fsp3) is 0.538. The number of aromatic nitrogens is 2. The predicted octanol–water partition coefficient (Wildman–Crippen LogP) is 6.44. The molecule has 7 rings (SSSR count). The molecule has 0 aliphatic heterocycles. The van der Waals surface area contributed by atoms with Crippen LogP contribution in [0.5, 0.6) is 0 Å². The number of rotatable bonds is 5. The van der Waals surface area contributed by atoms with Gasteiger partial charge in [-0.1, -0.05) is 29.8 Å². The van der Waals surface area contributed by atoms with Crippen LogP contribution in [0.1, 0.15) is 66.4 Å². The standard InChI is InChI=1S/C26H30ClN3OS/c1-15-21-10-23(32-25(21)30(29-15)14-20-5-3-4-6-22(20)27)24(31)28-16(2)26-11-17-7-18(12-26)9-19(8-17)13-26/h3-6,10,16-19H,7-9,11-14H2,1-2H3,(H,28,31). The number of hydrogen-bond donors (Lipinski definition) is 1. The molecule has 1 N–H and O–H groups in total. The van der Waals surface area contributed by atoms with Crippen molar-refractivity contribution in [1.82, 2.24) is 15.1 Å². The van der Waals surface area contributed by atoms with Crippen LogP contribution in [0.3, 0.4) is 0 Å². The van der Waals surface area contributed by atoms with E-state index in [0.717, 1.165) is 49.1 Å². The van der Waals surface area contributed by atoms with Crippen LogP contribution in [0.2, 0.25) is 5.02 Å². The molecule has 4 fully saturated rings. The minimum atomic E-state index is 0.0677. The number of amides is 1. The number of benzene rings is 1. The van der Waals surface area contributed by atoms with E-state index in [1.165, 1.54) is 38.5 Å². The Balaban J connectivity index is 1.23. The number of nitrogens with zero attached hydrogens (tertiary/aromatic N) is 2. The van der Waals surface area contributed by atoms with Crippen LogP contribution in [-0.4, -0.2) is 21.7 Å². The lowest BCUT2D eigenvalue weighted by Crippen LogP contribution is -2.55. The van der Waals surface area contributed by atoms with Gasteiger partial charge in [-0.3, -0.25) is 9.48 Å². The van der Waals surface area contributed by atoms with Crippen LogP contribution in [0.25, 0.3) is 10.2 Å². The molecule has 1 atom stereocenters. The summed E-state index contributed by atoms with van der Waals surface area (Å²) < 4.78 is 1.98. The summed E-state index contributed by atoms with van der Waals surface area (Å²) >= 11 is 7.91. The van der Waals surface area contributed by atoms with Crippen LogP contribution in [-0.2, 0) is 6.54 Å². The van der Waals surface area contributed by atoms with Gasteiger partial charge < -0.3 is 5.32 Å². The molecule has 168 valence electrons. The first-order valence-corrected chi connectivity index (χ1v) is 13.1. The van der Waals surface area contributed by atoms with Crippen molar-refractivity contribution in [2.45, 2.75) is 65.0 Å². The van der Waals surface area contributed by atoms with Gasteiger partial charge in [-0.05, 0) is 93.2 Å². The van der Waals surface area contributed by atoms with Gasteiger partial charge in [0.25, 0.3) is 5.91 Å². The number of halogens is 1. The third-order valence-electron chi connectivity index (χ3n) is 8.46. The highest BCUT2D eigenvalue weighted by molar-refractivity contribution is 7.20. The van der Waals surface area contributed by atoms with Crippen LogP contribution in [0, 0.1) is 30.1 Å². The molecular weight excluding hydrogens is 438 g/mol. The molecule has 0 radical (unpaired) electrons. The molecule has 4 nitrogen and oxygen atoms in total. The fourth-order valence-corrected chi connectivity index (χ4v) is 8.51. The van der Waals surface area contributed by atoms with Crippen molar-refractivity contribution < 1.29 is 4.79 Å². The summed E-state index contributed by atoms with van der Waals surface area (Å²) in [7, 11) is 0. The zero-order valence-electron chi connectivity index (χ0n) is 18.7. The van der Waals surface area contributed by atoms with Gasteiger partial charge in [0.1, 0.15) is 4.83 Å². The Morgan fingerprint density at radius 2 is 1.88 bits per heavy atom. The van der Waals surface area contributed by atoms with Gasteiger partial charge in [0.05, 0.1) is 17.1 Å². The first-order chi connectivity index (χ1) is 15.4. The van der Waals surface area contributed by atoms with Crippen LogP contribution >= 0.6 is 22.9 Å². The zero-order chi connectivity index (χ0) is 22.0. The van der Waals surface area contributed by atoms with Gasteiger partial charge in [-0.25, -0.2) is 0 Å². The van der Waals surface area contributed by atoms with Crippen molar-refractivity contribution in [2.24, 2.45) is 23.2 Å². The number of thiophene rings is 1. The van der Waals surface area contributed by atoms with Gasteiger partial charge in [0.15, 0.2) is 0 Å². The van der Waals surface area contributed by atoms with Crippen LogP contribution in [0.15, 0.2) is 30.3 Å². The molecule has 1 aromatic carbocycles. The number of aryl methyl sites for hydroxylation is 1. The van der Waals surface area contributed by atoms with E-state index in [1.807, 2.05) is 41.9 Å². The monoisotopic (exact) mass is 467 g/mol. The number of hydrogen-bond acceptors (Lipinski definition) is 3. The van der Waals surface area contributed by atoms with Crippen LogP contribution in [0.4, 0.5) is 0 Å². The van der Waals surface area contributed by atoms with E-state index >= 15 is 0 Å². The molecule has 4 aliphatic rings. The molecule has 1 unspecified atom stereocenters. The van der Waals surface area contributed by atoms with Gasteiger partial charge in [0, 0.05) is 16.5 Å². The average molecular weight is 468 g/mol. The summed E-state index contributed by atoms with van der Waals surface area (Å²) in [5.74, 6) is 2.74. The van der Waals surface area contributed by atoms with Crippen molar-refractivity contribution >= 4 is 39.1 Å². The second-order valence-corrected chi connectivity index (χ2v) is 12.1. The molecule has 0 spiro atoms. The third-order valence-corrected chi connectivity index (χ3v) is 9.98. The Morgan fingerprint density at radius 3 is 2.53 bits per heavy atom. The Hall–Kier alpha value is -1.85. The molecular formula is C26H30ClN3OS. The number of nitrogens with one attached hydrogen (secondary N) is 1. The van der Waals surface area contributed by atoms with E-state index < -0.39 is 0 Å². The van der Waals surface area contributed by atoms with Gasteiger partial charge in [-0.15, -0.1) is 11.3 Å². The second-order valence-electron chi connectivity index (χ2n) is 10.6. The highest BCUT2D eigenvalue weighted by Crippen LogP contribution is 2.61. The largest absolute Gasteiger partial charge is 0.348 e. The van der Waals surface area contributed by atoms with E-state index in [1.54, 1.807) is 11.3 Å². The summed E-state index contributed by atoms with van der Waals surface area (Å²) in [6.45, 7) is 4.87. The molecule has 2 aromatic heterocycles. The summed E-state index contributed by atoms with van der Waals surface area (Å²) in [5.41, 5.74) is 2.31. The average Bonchev–Trinajstić information content (AvgIpc) is 3.30. The van der Waals surface area contributed by atoms with Crippen molar-refractivity contribution in [2.75, 3.05) is 0 Å². The molecule has 4 aliphatic carbocycles. The van der Waals surface area contributed by atoms with E-state index in [4.69, 9.17) is 16.7 Å². The van der Waals surface area contributed by atoms with Crippen molar-refractivity contribution in [3.8, 4) is 0 Å².